The van der Waals surface area contributed by atoms with E-state index >= 15 is 0 Å². The molecule has 0 bridgehead atoms. The van der Waals surface area contributed by atoms with Gasteiger partial charge in [-0.1, -0.05) is 0 Å². The Bertz CT molecular complexity index is 402. The van der Waals surface area contributed by atoms with E-state index in [9.17, 15) is 4.79 Å². The van der Waals surface area contributed by atoms with E-state index in [4.69, 9.17) is 10.5 Å². The Kier molecular flexibility index (Phi) is 3.33. The SMILES string of the molecule is CCOc1ccc(N2C(=O)CC(N)C2C)cc1. The lowest BCUT2D eigenvalue weighted by atomic mass is 10.1. The minimum Gasteiger partial charge on any atom is -0.494 e. The van der Waals surface area contributed by atoms with Gasteiger partial charge in [0.25, 0.3) is 0 Å². The molecule has 1 aromatic carbocycles. The molecule has 4 nitrogen and oxygen atoms in total. The highest BCUT2D eigenvalue weighted by atomic mass is 16.5. The first-order valence-corrected chi connectivity index (χ1v) is 5.94. The number of hydrogen-bond donors (Lipinski definition) is 1. The average Bonchev–Trinajstić information content (AvgIpc) is 2.55. The number of ether oxygens (including phenoxy) is 1. The monoisotopic (exact) mass is 234 g/mol. The fraction of sp³-hybridized carbons (Fsp3) is 0.462. The zero-order valence-corrected chi connectivity index (χ0v) is 10.2. The third-order valence-electron chi connectivity index (χ3n) is 3.13. The minimum atomic E-state index is -0.0749. The maximum absolute atomic E-state index is 11.8. The molecule has 1 saturated heterocycles. The highest BCUT2D eigenvalue weighted by Gasteiger charge is 2.35. The lowest BCUT2D eigenvalue weighted by Gasteiger charge is -2.23. The van der Waals surface area contributed by atoms with Gasteiger partial charge in [-0.25, -0.2) is 0 Å². The van der Waals surface area contributed by atoms with Crippen LogP contribution in [0.2, 0.25) is 0 Å². The summed E-state index contributed by atoms with van der Waals surface area (Å²) in [5.74, 6) is 0.911. The first-order valence-electron chi connectivity index (χ1n) is 5.94. The predicted octanol–water partition coefficient (Wildman–Crippen LogP) is 1.54. The number of carbonyl (C=O) groups excluding carboxylic acids is 1. The number of benzene rings is 1. The molecule has 1 fully saturated rings. The highest BCUT2D eigenvalue weighted by Crippen LogP contribution is 2.27. The number of carbonyl (C=O) groups is 1. The Hall–Kier alpha value is -1.55. The van der Waals surface area contributed by atoms with Gasteiger partial charge in [0.15, 0.2) is 0 Å². The van der Waals surface area contributed by atoms with Crippen molar-refractivity contribution >= 4 is 11.6 Å². The van der Waals surface area contributed by atoms with Gasteiger partial charge in [-0.2, -0.15) is 0 Å². The van der Waals surface area contributed by atoms with Gasteiger partial charge in [-0.15, -0.1) is 0 Å². The van der Waals surface area contributed by atoms with Gasteiger partial charge in [0.2, 0.25) is 5.91 Å². The van der Waals surface area contributed by atoms with E-state index in [1.54, 1.807) is 4.90 Å². The maximum atomic E-state index is 11.8. The molecule has 17 heavy (non-hydrogen) atoms. The van der Waals surface area contributed by atoms with Gasteiger partial charge in [0.05, 0.1) is 6.61 Å². The lowest BCUT2D eigenvalue weighted by molar-refractivity contribution is -0.117. The van der Waals surface area contributed by atoms with Gasteiger partial charge in [-0.05, 0) is 38.1 Å². The number of nitrogens with two attached hydrogens (primary N) is 1. The molecular weight excluding hydrogens is 216 g/mol. The van der Waals surface area contributed by atoms with E-state index in [2.05, 4.69) is 0 Å². The summed E-state index contributed by atoms with van der Waals surface area (Å²) in [6.45, 7) is 4.56. The lowest BCUT2D eigenvalue weighted by Crippen LogP contribution is -2.37. The van der Waals surface area contributed by atoms with Crippen LogP contribution in [0, 0.1) is 0 Å². The Morgan fingerprint density at radius 3 is 2.53 bits per heavy atom. The van der Waals surface area contributed by atoms with Crippen molar-refractivity contribution in [1.82, 2.24) is 0 Å². The van der Waals surface area contributed by atoms with Crippen LogP contribution in [-0.4, -0.2) is 24.6 Å². The molecule has 2 rings (SSSR count). The van der Waals surface area contributed by atoms with Crippen LogP contribution in [-0.2, 0) is 4.79 Å². The third kappa shape index (κ3) is 2.26. The molecule has 0 aromatic heterocycles. The summed E-state index contributed by atoms with van der Waals surface area (Å²) in [6.07, 6.45) is 0.425. The van der Waals surface area contributed by atoms with Crippen LogP contribution in [0.5, 0.6) is 5.75 Å². The second kappa shape index (κ2) is 4.75. The Morgan fingerprint density at radius 1 is 1.41 bits per heavy atom. The molecule has 1 amide bonds. The largest absolute Gasteiger partial charge is 0.494 e. The van der Waals surface area contributed by atoms with Crippen LogP contribution in [0.3, 0.4) is 0 Å². The van der Waals surface area contributed by atoms with Crippen molar-refractivity contribution in [3.05, 3.63) is 24.3 Å². The second-order valence-corrected chi connectivity index (χ2v) is 4.30. The van der Waals surface area contributed by atoms with Crippen LogP contribution in [0.1, 0.15) is 20.3 Å². The molecule has 1 aliphatic heterocycles. The van der Waals surface area contributed by atoms with Crippen molar-refractivity contribution in [3.8, 4) is 5.75 Å². The number of hydrogen-bond acceptors (Lipinski definition) is 3. The topological polar surface area (TPSA) is 55.6 Å². The molecule has 0 radical (unpaired) electrons. The summed E-state index contributed by atoms with van der Waals surface area (Å²) in [7, 11) is 0. The van der Waals surface area contributed by atoms with E-state index in [1.807, 2.05) is 38.1 Å². The van der Waals surface area contributed by atoms with Gasteiger partial charge in [0, 0.05) is 24.2 Å². The third-order valence-corrected chi connectivity index (χ3v) is 3.13. The molecular formula is C13H18N2O2. The zero-order chi connectivity index (χ0) is 12.4. The molecule has 2 atom stereocenters. The molecule has 4 heteroatoms. The van der Waals surface area contributed by atoms with Crippen LogP contribution < -0.4 is 15.4 Å². The van der Waals surface area contributed by atoms with Gasteiger partial charge in [-0.3, -0.25) is 4.79 Å². The van der Waals surface area contributed by atoms with E-state index in [0.717, 1.165) is 11.4 Å². The van der Waals surface area contributed by atoms with Crippen LogP contribution >= 0.6 is 0 Å². The first kappa shape index (κ1) is 11.9. The quantitative estimate of drug-likeness (QED) is 0.863. The molecule has 1 aromatic rings. The summed E-state index contributed by atoms with van der Waals surface area (Å²) in [5, 5.41) is 0. The molecule has 0 saturated carbocycles. The minimum absolute atomic E-state index is 0.0560. The van der Waals surface area contributed by atoms with E-state index in [1.165, 1.54) is 0 Å². The van der Waals surface area contributed by atoms with Crippen molar-refractivity contribution in [2.75, 3.05) is 11.5 Å². The van der Waals surface area contributed by atoms with Crippen LogP contribution in [0.15, 0.2) is 24.3 Å². The van der Waals surface area contributed by atoms with Crippen molar-refractivity contribution < 1.29 is 9.53 Å². The van der Waals surface area contributed by atoms with Gasteiger partial charge < -0.3 is 15.4 Å². The normalized spacial score (nSPS) is 24.2. The smallest absolute Gasteiger partial charge is 0.228 e. The van der Waals surface area contributed by atoms with Crippen LogP contribution in [0.4, 0.5) is 5.69 Å². The Balaban J connectivity index is 2.19. The maximum Gasteiger partial charge on any atom is 0.228 e. The van der Waals surface area contributed by atoms with Crippen LogP contribution in [0.25, 0.3) is 0 Å². The summed E-state index contributed by atoms with van der Waals surface area (Å²) in [4.78, 5) is 13.6. The molecule has 1 heterocycles. The number of rotatable bonds is 3. The van der Waals surface area contributed by atoms with Crippen molar-refractivity contribution in [3.63, 3.8) is 0 Å². The molecule has 0 aliphatic carbocycles. The molecule has 2 N–H and O–H groups in total. The molecule has 92 valence electrons. The van der Waals surface area contributed by atoms with E-state index in [0.29, 0.717) is 13.0 Å². The Labute approximate surface area is 101 Å². The number of nitrogens with zero attached hydrogens (tertiary/aromatic N) is 1. The average molecular weight is 234 g/mol. The summed E-state index contributed by atoms with van der Waals surface area (Å²) >= 11 is 0. The van der Waals surface area contributed by atoms with Crippen molar-refractivity contribution in [2.24, 2.45) is 5.73 Å². The summed E-state index contributed by atoms with van der Waals surface area (Å²) in [5.41, 5.74) is 6.77. The fourth-order valence-electron chi connectivity index (χ4n) is 2.14. The van der Waals surface area contributed by atoms with Crippen molar-refractivity contribution in [2.45, 2.75) is 32.4 Å². The zero-order valence-electron chi connectivity index (χ0n) is 10.2. The standard InChI is InChI=1S/C13H18N2O2/c1-3-17-11-6-4-10(5-7-11)15-9(2)12(14)8-13(15)16/h4-7,9,12H,3,8,14H2,1-2H3. The summed E-state index contributed by atoms with van der Waals surface area (Å²) < 4.78 is 5.37. The second-order valence-electron chi connectivity index (χ2n) is 4.30. The Morgan fingerprint density at radius 2 is 2.06 bits per heavy atom. The van der Waals surface area contributed by atoms with Gasteiger partial charge >= 0.3 is 0 Å². The summed E-state index contributed by atoms with van der Waals surface area (Å²) in [6, 6.07) is 7.54. The van der Waals surface area contributed by atoms with E-state index in [-0.39, 0.29) is 18.0 Å². The number of anilines is 1. The predicted molar refractivity (Wildman–Crippen MR) is 67.2 cm³/mol. The van der Waals surface area contributed by atoms with E-state index < -0.39 is 0 Å². The molecule has 1 aliphatic rings. The highest BCUT2D eigenvalue weighted by molar-refractivity contribution is 5.97. The fourth-order valence-corrected chi connectivity index (χ4v) is 2.14. The number of amides is 1. The molecule has 0 spiro atoms. The first-order chi connectivity index (χ1) is 8.13. The molecule has 2 unspecified atom stereocenters. The van der Waals surface area contributed by atoms with Crippen molar-refractivity contribution in [1.29, 1.82) is 0 Å². The van der Waals surface area contributed by atoms with Gasteiger partial charge in [0.1, 0.15) is 5.75 Å².